The van der Waals surface area contributed by atoms with Crippen LogP contribution in [0.1, 0.15) is 23.3 Å². The minimum Gasteiger partial charge on any atom is -0.299 e. The highest BCUT2D eigenvalue weighted by Gasteiger charge is 2.12. The molecule has 0 aliphatic carbocycles. The van der Waals surface area contributed by atoms with Gasteiger partial charge in [0.1, 0.15) is 0 Å². The summed E-state index contributed by atoms with van der Waals surface area (Å²) in [4.78, 5) is 5.32. The van der Waals surface area contributed by atoms with E-state index >= 15 is 0 Å². The summed E-state index contributed by atoms with van der Waals surface area (Å²) in [6.07, 6.45) is 2.73. The Morgan fingerprint density at radius 1 is 1.11 bits per heavy atom. The lowest BCUT2D eigenvalue weighted by Crippen LogP contribution is -2.18. The molecule has 18 heavy (non-hydrogen) atoms. The molecule has 0 spiro atoms. The molecular weight excluding hydrogens is 238 g/mol. The third-order valence-electron chi connectivity index (χ3n) is 3.56. The molecule has 1 saturated heterocycles. The Morgan fingerprint density at radius 3 is 2.67 bits per heavy atom. The number of benzene rings is 1. The van der Waals surface area contributed by atoms with Gasteiger partial charge in [-0.3, -0.25) is 4.90 Å². The molecule has 1 aliphatic rings. The Balaban J connectivity index is 1.80. The average molecular weight is 257 g/mol. The highest BCUT2D eigenvalue weighted by Crippen LogP contribution is 2.28. The van der Waals surface area contributed by atoms with E-state index in [1.165, 1.54) is 46.8 Å². The first-order valence-electron chi connectivity index (χ1n) is 6.69. The van der Waals surface area contributed by atoms with E-state index in [1.54, 1.807) is 0 Å². The predicted octanol–water partition coefficient (Wildman–Crippen LogP) is 4.32. The number of nitrogens with zero attached hydrogens (tertiary/aromatic N) is 1. The second kappa shape index (κ2) is 5.25. The second-order valence-corrected chi connectivity index (χ2v) is 6.38. The van der Waals surface area contributed by atoms with Gasteiger partial charge in [0, 0.05) is 16.3 Å². The molecule has 1 aromatic carbocycles. The molecule has 0 N–H and O–H groups in total. The number of hydrogen-bond donors (Lipinski definition) is 0. The highest BCUT2D eigenvalue weighted by molar-refractivity contribution is 7.15. The molecule has 3 rings (SSSR count). The molecule has 1 nitrogen and oxygen atoms in total. The Bertz CT molecular complexity index is 523. The number of thiophene rings is 1. The zero-order valence-electron chi connectivity index (χ0n) is 10.9. The highest BCUT2D eigenvalue weighted by atomic mass is 32.1. The van der Waals surface area contributed by atoms with Crippen molar-refractivity contribution in [1.29, 1.82) is 0 Å². The summed E-state index contributed by atoms with van der Waals surface area (Å²) in [6.45, 7) is 5.81. The zero-order chi connectivity index (χ0) is 12.4. The molecular formula is C16H19NS. The molecule has 0 radical (unpaired) electrons. The first-order chi connectivity index (χ1) is 8.81. The molecule has 94 valence electrons. The number of likely N-dealkylation sites (tertiary alicyclic amines) is 1. The van der Waals surface area contributed by atoms with Crippen LogP contribution in [0.2, 0.25) is 0 Å². The summed E-state index contributed by atoms with van der Waals surface area (Å²) in [5.41, 5.74) is 2.81. The minimum atomic E-state index is 1.11. The van der Waals surface area contributed by atoms with Crippen LogP contribution in [-0.2, 0) is 6.54 Å². The van der Waals surface area contributed by atoms with Crippen molar-refractivity contribution in [1.82, 2.24) is 4.90 Å². The van der Waals surface area contributed by atoms with Crippen LogP contribution < -0.4 is 0 Å². The maximum Gasteiger partial charge on any atom is 0.0345 e. The Hall–Kier alpha value is -1.12. The van der Waals surface area contributed by atoms with Gasteiger partial charge >= 0.3 is 0 Å². The molecule has 2 heterocycles. The van der Waals surface area contributed by atoms with Crippen molar-refractivity contribution in [3.05, 3.63) is 46.8 Å². The number of hydrogen-bond acceptors (Lipinski definition) is 2. The van der Waals surface area contributed by atoms with Crippen molar-refractivity contribution in [2.45, 2.75) is 26.3 Å². The van der Waals surface area contributed by atoms with Gasteiger partial charge in [0.05, 0.1) is 0 Å². The van der Waals surface area contributed by atoms with E-state index < -0.39 is 0 Å². The van der Waals surface area contributed by atoms with Gasteiger partial charge in [-0.25, -0.2) is 0 Å². The van der Waals surface area contributed by atoms with E-state index in [1.807, 2.05) is 11.3 Å². The van der Waals surface area contributed by atoms with Gasteiger partial charge in [0.15, 0.2) is 0 Å². The first kappa shape index (κ1) is 11.9. The number of rotatable bonds is 3. The summed E-state index contributed by atoms with van der Waals surface area (Å²) in [5.74, 6) is 0. The molecule has 1 aliphatic heterocycles. The topological polar surface area (TPSA) is 3.24 Å². The zero-order valence-corrected chi connectivity index (χ0v) is 11.7. The van der Waals surface area contributed by atoms with Crippen LogP contribution >= 0.6 is 11.3 Å². The lowest BCUT2D eigenvalue weighted by molar-refractivity contribution is 0.331. The Labute approximate surface area is 113 Å². The summed E-state index contributed by atoms with van der Waals surface area (Å²) < 4.78 is 0. The van der Waals surface area contributed by atoms with Gasteiger partial charge in [-0.05, 0) is 62.2 Å². The monoisotopic (exact) mass is 257 g/mol. The molecule has 1 fully saturated rings. The van der Waals surface area contributed by atoms with Crippen LogP contribution in [0.5, 0.6) is 0 Å². The SMILES string of the molecule is Cc1ccc(-c2cccc(CN3CCCC3)c2)s1. The van der Waals surface area contributed by atoms with Crippen molar-refractivity contribution in [3.8, 4) is 10.4 Å². The van der Waals surface area contributed by atoms with Crippen molar-refractivity contribution in [2.24, 2.45) is 0 Å². The van der Waals surface area contributed by atoms with E-state index in [4.69, 9.17) is 0 Å². The Morgan fingerprint density at radius 2 is 1.94 bits per heavy atom. The van der Waals surface area contributed by atoms with E-state index in [-0.39, 0.29) is 0 Å². The maximum absolute atomic E-state index is 2.55. The van der Waals surface area contributed by atoms with Gasteiger partial charge in [0.2, 0.25) is 0 Å². The van der Waals surface area contributed by atoms with Crippen molar-refractivity contribution in [2.75, 3.05) is 13.1 Å². The normalized spacial score (nSPS) is 16.3. The molecule has 2 heteroatoms. The standard InChI is InChI=1S/C16H19NS/c1-13-7-8-16(18-13)15-6-4-5-14(11-15)12-17-9-2-3-10-17/h4-8,11H,2-3,9-10,12H2,1H3. The van der Waals surface area contributed by atoms with Gasteiger partial charge in [0.25, 0.3) is 0 Å². The molecule has 0 amide bonds. The van der Waals surface area contributed by atoms with Gasteiger partial charge < -0.3 is 0 Å². The third kappa shape index (κ3) is 2.65. The molecule has 1 aromatic heterocycles. The average Bonchev–Trinajstić information content (AvgIpc) is 3.01. The fourth-order valence-corrected chi connectivity index (χ4v) is 3.48. The second-order valence-electron chi connectivity index (χ2n) is 5.09. The molecule has 0 bridgehead atoms. The van der Waals surface area contributed by atoms with Crippen LogP contribution in [-0.4, -0.2) is 18.0 Å². The summed E-state index contributed by atoms with van der Waals surface area (Å²) in [5, 5.41) is 0. The van der Waals surface area contributed by atoms with Crippen molar-refractivity contribution >= 4 is 11.3 Å². The molecule has 2 aromatic rings. The predicted molar refractivity (Wildman–Crippen MR) is 79.0 cm³/mol. The van der Waals surface area contributed by atoms with Crippen LogP contribution in [0, 0.1) is 6.92 Å². The van der Waals surface area contributed by atoms with E-state index in [0.717, 1.165) is 6.54 Å². The lowest BCUT2D eigenvalue weighted by Gasteiger charge is -2.14. The van der Waals surface area contributed by atoms with Gasteiger partial charge in [-0.15, -0.1) is 11.3 Å². The fraction of sp³-hybridized carbons (Fsp3) is 0.375. The number of aryl methyl sites for hydroxylation is 1. The lowest BCUT2D eigenvalue weighted by atomic mass is 10.1. The van der Waals surface area contributed by atoms with Crippen molar-refractivity contribution in [3.63, 3.8) is 0 Å². The van der Waals surface area contributed by atoms with Crippen LogP contribution in [0.25, 0.3) is 10.4 Å². The molecule has 0 saturated carbocycles. The first-order valence-corrected chi connectivity index (χ1v) is 7.51. The summed E-state index contributed by atoms with van der Waals surface area (Å²) >= 11 is 1.88. The maximum atomic E-state index is 2.55. The van der Waals surface area contributed by atoms with E-state index in [9.17, 15) is 0 Å². The largest absolute Gasteiger partial charge is 0.299 e. The van der Waals surface area contributed by atoms with Crippen LogP contribution in [0.3, 0.4) is 0 Å². The third-order valence-corrected chi connectivity index (χ3v) is 4.61. The molecule has 0 unspecified atom stereocenters. The van der Waals surface area contributed by atoms with E-state index in [2.05, 4.69) is 48.2 Å². The summed E-state index contributed by atoms with van der Waals surface area (Å²) in [6, 6.07) is 13.4. The van der Waals surface area contributed by atoms with E-state index in [0.29, 0.717) is 0 Å². The summed E-state index contributed by atoms with van der Waals surface area (Å²) in [7, 11) is 0. The Kier molecular flexibility index (Phi) is 3.48. The van der Waals surface area contributed by atoms with Crippen molar-refractivity contribution < 1.29 is 0 Å². The minimum absolute atomic E-state index is 1.11. The smallest absolute Gasteiger partial charge is 0.0345 e. The van der Waals surface area contributed by atoms with Crippen LogP contribution in [0.15, 0.2) is 36.4 Å². The molecule has 0 atom stereocenters. The fourth-order valence-electron chi connectivity index (χ4n) is 2.61. The van der Waals surface area contributed by atoms with Crippen LogP contribution in [0.4, 0.5) is 0 Å². The van der Waals surface area contributed by atoms with Gasteiger partial charge in [-0.2, -0.15) is 0 Å². The van der Waals surface area contributed by atoms with Gasteiger partial charge in [-0.1, -0.05) is 18.2 Å². The quantitative estimate of drug-likeness (QED) is 0.791.